The number of anilines is 1. The van der Waals surface area contributed by atoms with Crippen LogP contribution in [0.5, 0.6) is 0 Å². The molecule has 2 aromatic heterocycles. The number of nitrogens with zero attached hydrogens (tertiary/aromatic N) is 2. The predicted molar refractivity (Wildman–Crippen MR) is 86.3 cm³/mol. The van der Waals surface area contributed by atoms with Gasteiger partial charge in [-0.15, -0.1) is 11.3 Å². The van der Waals surface area contributed by atoms with Gasteiger partial charge in [-0.1, -0.05) is 30.3 Å². The van der Waals surface area contributed by atoms with Gasteiger partial charge in [0.25, 0.3) is 11.5 Å². The zero-order valence-electron chi connectivity index (χ0n) is 11.6. The number of aromatic nitrogens is 2. The Morgan fingerprint density at radius 1 is 1.18 bits per heavy atom. The van der Waals surface area contributed by atoms with Crippen LogP contribution in [0, 0.1) is 0 Å². The van der Waals surface area contributed by atoms with Crippen LogP contribution in [-0.2, 0) is 6.54 Å². The molecular formula is C16H13N3O2S. The summed E-state index contributed by atoms with van der Waals surface area (Å²) in [5.41, 5.74) is 0.788. The molecule has 3 rings (SSSR count). The second-order valence-corrected chi connectivity index (χ2v) is 5.53. The van der Waals surface area contributed by atoms with E-state index in [0.717, 1.165) is 5.56 Å². The summed E-state index contributed by atoms with van der Waals surface area (Å²) in [4.78, 5) is 28.6. The first kappa shape index (κ1) is 14.2. The quantitative estimate of drug-likeness (QED) is 0.805. The molecule has 1 aromatic carbocycles. The van der Waals surface area contributed by atoms with Gasteiger partial charge >= 0.3 is 0 Å². The molecule has 5 nitrogen and oxygen atoms in total. The topological polar surface area (TPSA) is 64.0 Å². The van der Waals surface area contributed by atoms with Gasteiger partial charge in [0.05, 0.1) is 6.54 Å². The molecule has 0 aliphatic carbocycles. The maximum Gasteiger partial charge on any atom is 0.263 e. The normalized spacial score (nSPS) is 10.4. The average molecular weight is 311 g/mol. The van der Waals surface area contributed by atoms with E-state index in [4.69, 9.17) is 0 Å². The maximum absolute atomic E-state index is 12.4. The zero-order chi connectivity index (χ0) is 15.4. The van der Waals surface area contributed by atoms with Crippen LogP contribution in [-0.4, -0.2) is 15.5 Å². The van der Waals surface area contributed by atoms with E-state index in [0.29, 0.717) is 11.7 Å². The summed E-state index contributed by atoms with van der Waals surface area (Å²) in [6, 6.07) is 12.8. The van der Waals surface area contributed by atoms with Crippen molar-refractivity contribution in [2.45, 2.75) is 6.54 Å². The van der Waals surface area contributed by atoms with E-state index in [1.165, 1.54) is 22.0 Å². The van der Waals surface area contributed by atoms with E-state index in [1.54, 1.807) is 23.8 Å². The van der Waals surface area contributed by atoms with E-state index in [-0.39, 0.29) is 11.1 Å². The van der Waals surface area contributed by atoms with Crippen LogP contribution < -0.4 is 10.9 Å². The monoisotopic (exact) mass is 311 g/mol. The van der Waals surface area contributed by atoms with Crippen molar-refractivity contribution in [3.05, 3.63) is 81.7 Å². The lowest BCUT2D eigenvalue weighted by Crippen LogP contribution is -2.28. The van der Waals surface area contributed by atoms with Gasteiger partial charge in [0, 0.05) is 17.8 Å². The highest BCUT2D eigenvalue weighted by molar-refractivity contribution is 7.13. The van der Waals surface area contributed by atoms with Gasteiger partial charge in [0.1, 0.15) is 5.56 Å². The molecule has 1 amide bonds. The highest BCUT2D eigenvalue weighted by atomic mass is 32.1. The Morgan fingerprint density at radius 3 is 2.73 bits per heavy atom. The molecule has 0 aliphatic rings. The molecule has 0 bridgehead atoms. The minimum atomic E-state index is -0.442. The molecule has 0 aliphatic heterocycles. The minimum absolute atomic E-state index is 0.105. The second kappa shape index (κ2) is 6.36. The molecule has 110 valence electrons. The summed E-state index contributed by atoms with van der Waals surface area (Å²) in [7, 11) is 0. The predicted octanol–water partition coefficient (Wildman–Crippen LogP) is 2.61. The Hall–Kier alpha value is -2.73. The molecular weight excluding hydrogens is 298 g/mol. The van der Waals surface area contributed by atoms with Gasteiger partial charge in [-0.3, -0.25) is 14.9 Å². The summed E-state index contributed by atoms with van der Waals surface area (Å²) in [6.07, 6.45) is 3.27. The number of hydrogen-bond acceptors (Lipinski definition) is 4. The highest BCUT2D eigenvalue weighted by Crippen LogP contribution is 2.11. The Bertz CT molecular complexity index is 826. The summed E-state index contributed by atoms with van der Waals surface area (Å²) >= 11 is 1.31. The Morgan fingerprint density at radius 2 is 2.00 bits per heavy atom. The van der Waals surface area contributed by atoms with Crippen LogP contribution in [0.3, 0.4) is 0 Å². The standard InChI is InChI=1S/C16H13N3O2S/c20-14(18-16-17-8-10-22-16)13-7-4-9-19(15(13)21)11-12-5-2-1-3-6-12/h1-10H,11H2,(H,17,18,20). The zero-order valence-corrected chi connectivity index (χ0v) is 12.4. The van der Waals surface area contributed by atoms with Crippen molar-refractivity contribution < 1.29 is 4.79 Å². The molecule has 0 saturated heterocycles. The maximum atomic E-state index is 12.4. The van der Waals surface area contributed by atoms with Gasteiger partial charge in [-0.05, 0) is 17.7 Å². The van der Waals surface area contributed by atoms with Crippen LogP contribution in [0.25, 0.3) is 0 Å². The molecule has 1 N–H and O–H groups in total. The van der Waals surface area contributed by atoms with Crippen LogP contribution in [0.1, 0.15) is 15.9 Å². The van der Waals surface area contributed by atoms with E-state index in [2.05, 4.69) is 10.3 Å². The van der Waals surface area contributed by atoms with Gasteiger partial charge in [0.15, 0.2) is 5.13 Å². The van der Waals surface area contributed by atoms with Crippen molar-refractivity contribution in [3.8, 4) is 0 Å². The van der Waals surface area contributed by atoms with Crippen molar-refractivity contribution in [2.75, 3.05) is 5.32 Å². The van der Waals surface area contributed by atoms with Crippen molar-refractivity contribution in [3.63, 3.8) is 0 Å². The molecule has 3 aromatic rings. The van der Waals surface area contributed by atoms with Gasteiger partial charge in [-0.25, -0.2) is 4.98 Å². The molecule has 0 spiro atoms. The number of rotatable bonds is 4. The third-order valence-electron chi connectivity index (χ3n) is 3.11. The fraction of sp³-hybridized carbons (Fsp3) is 0.0625. The van der Waals surface area contributed by atoms with Crippen LogP contribution >= 0.6 is 11.3 Å². The number of hydrogen-bond donors (Lipinski definition) is 1. The van der Waals surface area contributed by atoms with Gasteiger partial charge in [0.2, 0.25) is 0 Å². The number of pyridine rings is 1. The fourth-order valence-corrected chi connectivity index (χ4v) is 2.59. The largest absolute Gasteiger partial charge is 0.310 e. The smallest absolute Gasteiger partial charge is 0.263 e. The first-order valence-corrected chi connectivity index (χ1v) is 7.56. The fourth-order valence-electron chi connectivity index (χ4n) is 2.06. The molecule has 0 atom stereocenters. The lowest BCUT2D eigenvalue weighted by molar-refractivity contribution is 0.102. The molecule has 0 radical (unpaired) electrons. The third kappa shape index (κ3) is 3.12. The number of nitrogens with one attached hydrogen (secondary N) is 1. The number of benzene rings is 1. The van der Waals surface area contributed by atoms with Crippen molar-refractivity contribution in [2.24, 2.45) is 0 Å². The molecule has 0 unspecified atom stereocenters. The number of carbonyl (C=O) groups is 1. The highest BCUT2D eigenvalue weighted by Gasteiger charge is 2.13. The van der Waals surface area contributed by atoms with Crippen LogP contribution in [0.2, 0.25) is 0 Å². The van der Waals surface area contributed by atoms with Gasteiger partial charge < -0.3 is 4.57 Å². The molecule has 2 heterocycles. The number of thiazole rings is 1. The SMILES string of the molecule is O=C(Nc1nccs1)c1cccn(Cc2ccccc2)c1=O. The molecule has 6 heteroatoms. The summed E-state index contributed by atoms with van der Waals surface area (Å²) in [5.74, 6) is -0.442. The van der Waals surface area contributed by atoms with E-state index < -0.39 is 5.91 Å². The lowest BCUT2D eigenvalue weighted by Gasteiger charge is -2.08. The molecule has 0 fully saturated rings. The Labute approximate surface area is 130 Å². The van der Waals surface area contributed by atoms with Crippen molar-refractivity contribution >= 4 is 22.4 Å². The van der Waals surface area contributed by atoms with Crippen molar-refractivity contribution in [1.82, 2.24) is 9.55 Å². The van der Waals surface area contributed by atoms with Gasteiger partial charge in [-0.2, -0.15) is 0 Å². The van der Waals surface area contributed by atoms with E-state index in [9.17, 15) is 9.59 Å². The van der Waals surface area contributed by atoms with E-state index in [1.807, 2.05) is 30.3 Å². The first-order valence-electron chi connectivity index (χ1n) is 6.68. The van der Waals surface area contributed by atoms with Crippen molar-refractivity contribution in [1.29, 1.82) is 0 Å². The summed E-state index contributed by atoms with van der Waals surface area (Å²) in [5, 5.41) is 4.86. The molecule has 22 heavy (non-hydrogen) atoms. The summed E-state index contributed by atoms with van der Waals surface area (Å²) < 4.78 is 1.52. The van der Waals surface area contributed by atoms with Crippen LogP contribution in [0.15, 0.2) is 65.0 Å². The lowest BCUT2D eigenvalue weighted by atomic mass is 10.2. The number of carbonyl (C=O) groups excluding carboxylic acids is 1. The van der Waals surface area contributed by atoms with E-state index >= 15 is 0 Å². The Balaban J connectivity index is 1.86. The second-order valence-electron chi connectivity index (χ2n) is 4.63. The minimum Gasteiger partial charge on any atom is -0.310 e. The Kier molecular flexibility index (Phi) is 4.11. The summed E-state index contributed by atoms with van der Waals surface area (Å²) in [6.45, 7) is 0.429. The third-order valence-corrected chi connectivity index (χ3v) is 3.80. The van der Waals surface area contributed by atoms with Crippen LogP contribution in [0.4, 0.5) is 5.13 Å². The number of amides is 1. The molecule has 0 saturated carbocycles. The first-order chi connectivity index (χ1) is 10.7. The average Bonchev–Trinajstić information content (AvgIpc) is 3.03.